The average molecular weight is 545 g/mol. The standard InChI is InChI=1S/C24H34N2O3S.C2HF3O2/c1-7-26(8-2)20-11-14-22(18(3)17-20)25-23(27)15-16-30(28,29)21-12-9-19(10-13-21)24(4,5)6;3-2(4,5)1(6)7/h9-14,17H,7-8,15-16H2,1-6H3,(H,25,27);(H,6,7). The number of alkyl halides is 3. The van der Waals surface area contributed by atoms with Crippen molar-refractivity contribution in [2.45, 2.75) is 64.5 Å². The Balaban J connectivity index is 0.000000856. The molecule has 2 N–H and O–H groups in total. The molecule has 0 aliphatic rings. The van der Waals surface area contributed by atoms with Crippen molar-refractivity contribution in [3.05, 3.63) is 53.6 Å². The molecule has 37 heavy (non-hydrogen) atoms. The number of benzene rings is 2. The molecule has 11 heteroatoms. The predicted octanol–water partition coefficient (Wildman–Crippen LogP) is 5.57. The van der Waals surface area contributed by atoms with E-state index in [2.05, 4.69) is 44.8 Å². The fourth-order valence-electron chi connectivity index (χ4n) is 3.29. The lowest BCUT2D eigenvalue weighted by atomic mass is 9.87. The molecular formula is C26H35F3N2O5S. The Morgan fingerprint density at radius 1 is 0.973 bits per heavy atom. The fourth-order valence-corrected chi connectivity index (χ4v) is 4.53. The van der Waals surface area contributed by atoms with Crippen LogP contribution in [0, 0.1) is 6.92 Å². The summed E-state index contributed by atoms with van der Waals surface area (Å²) in [5, 5.41) is 9.97. The number of carbonyl (C=O) groups excluding carboxylic acids is 1. The Labute approximate surface area is 216 Å². The second-order valence-electron chi connectivity index (χ2n) is 9.37. The van der Waals surface area contributed by atoms with Crippen LogP contribution in [0.1, 0.15) is 52.2 Å². The van der Waals surface area contributed by atoms with Gasteiger partial charge in [-0.2, -0.15) is 13.2 Å². The normalized spacial score (nSPS) is 11.8. The number of rotatable bonds is 8. The van der Waals surface area contributed by atoms with Gasteiger partial charge in [-0.3, -0.25) is 4.79 Å². The van der Waals surface area contributed by atoms with Crippen LogP contribution in [0.25, 0.3) is 0 Å². The summed E-state index contributed by atoms with van der Waals surface area (Å²) in [4.78, 5) is 23.8. The summed E-state index contributed by atoms with van der Waals surface area (Å²) in [6.45, 7) is 14.2. The lowest BCUT2D eigenvalue weighted by molar-refractivity contribution is -0.192. The van der Waals surface area contributed by atoms with E-state index in [0.29, 0.717) is 5.69 Å². The van der Waals surface area contributed by atoms with Crippen LogP contribution in [0.3, 0.4) is 0 Å². The number of hydrogen-bond acceptors (Lipinski definition) is 5. The van der Waals surface area contributed by atoms with E-state index in [9.17, 15) is 26.4 Å². The molecule has 0 aliphatic heterocycles. The third-order valence-electron chi connectivity index (χ3n) is 5.53. The number of amides is 1. The van der Waals surface area contributed by atoms with E-state index in [4.69, 9.17) is 9.90 Å². The molecule has 0 heterocycles. The molecule has 0 atom stereocenters. The maximum absolute atomic E-state index is 12.6. The third-order valence-corrected chi connectivity index (χ3v) is 7.26. The van der Waals surface area contributed by atoms with Crippen molar-refractivity contribution in [3.8, 4) is 0 Å². The number of carboxylic acid groups (broad SMARTS) is 1. The summed E-state index contributed by atoms with van der Waals surface area (Å²) in [5.41, 5.74) is 3.80. The first kappa shape index (κ1) is 31.9. The van der Waals surface area contributed by atoms with Gasteiger partial charge in [0.25, 0.3) is 0 Å². The van der Waals surface area contributed by atoms with Crippen molar-refractivity contribution < 1.29 is 36.3 Å². The number of aryl methyl sites for hydroxylation is 1. The molecule has 0 spiro atoms. The van der Waals surface area contributed by atoms with E-state index in [0.717, 1.165) is 29.9 Å². The summed E-state index contributed by atoms with van der Waals surface area (Å²) >= 11 is 0. The van der Waals surface area contributed by atoms with Gasteiger partial charge >= 0.3 is 12.1 Å². The largest absolute Gasteiger partial charge is 0.490 e. The summed E-state index contributed by atoms with van der Waals surface area (Å²) in [6.07, 6.45) is -5.17. The first-order chi connectivity index (χ1) is 16.9. The smallest absolute Gasteiger partial charge is 0.475 e. The van der Waals surface area contributed by atoms with E-state index in [1.165, 1.54) is 0 Å². The zero-order chi connectivity index (χ0) is 28.6. The molecule has 2 aromatic carbocycles. The average Bonchev–Trinajstić information content (AvgIpc) is 2.79. The van der Waals surface area contributed by atoms with Gasteiger partial charge in [0.05, 0.1) is 10.6 Å². The zero-order valence-corrected chi connectivity index (χ0v) is 22.8. The van der Waals surface area contributed by atoms with Crippen molar-refractivity contribution in [1.29, 1.82) is 0 Å². The van der Waals surface area contributed by atoms with Gasteiger partial charge in [0.1, 0.15) is 0 Å². The van der Waals surface area contributed by atoms with Gasteiger partial charge in [-0.1, -0.05) is 32.9 Å². The summed E-state index contributed by atoms with van der Waals surface area (Å²) < 4.78 is 57.0. The van der Waals surface area contributed by atoms with Crippen LogP contribution in [0.5, 0.6) is 0 Å². The van der Waals surface area contributed by atoms with Crippen LogP contribution in [0.4, 0.5) is 24.5 Å². The fraction of sp³-hybridized carbons (Fsp3) is 0.462. The molecule has 0 unspecified atom stereocenters. The number of carboxylic acids is 1. The number of nitrogens with zero attached hydrogens (tertiary/aromatic N) is 1. The molecule has 0 fully saturated rings. The molecule has 2 aromatic rings. The highest BCUT2D eigenvalue weighted by Gasteiger charge is 2.38. The first-order valence-corrected chi connectivity index (χ1v) is 13.4. The van der Waals surface area contributed by atoms with Crippen molar-refractivity contribution in [2.75, 3.05) is 29.1 Å². The molecule has 206 valence electrons. The minimum Gasteiger partial charge on any atom is -0.475 e. The Kier molecular flexibility index (Phi) is 11.2. The van der Waals surface area contributed by atoms with Gasteiger partial charge in [-0.25, -0.2) is 13.2 Å². The highest BCUT2D eigenvalue weighted by molar-refractivity contribution is 7.91. The minimum absolute atomic E-state index is 0.0408. The second-order valence-corrected chi connectivity index (χ2v) is 11.5. The quantitative estimate of drug-likeness (QED) is 0.450. The van der Waals surface area contributed by atoms with Crippen LogP contribution in [0.2, 0.25) is 0 Å². The lowest BCUT2D eigenvalue weighted by Crippen LogP contribution is -2.22. The molecule has 0 saturated carbocycles. The molecule has 0 aromatic heterocycles. The van der Waals surface area contributed by atoms with Crippen molar-refractivity contribution >= 4 is 33.1 Å². The van der Waals surface area contributed by atoms with E-state index in [1.807, 2.05) is 37.3 Å². The Morgan fingerprint density at radius 3 is 1.89 bits per heavy atom. The van der Waals surface area contributed by atoms with Crippen molar-refractivity contribution in [1.82, 2.24) is 0 Å². The van der Waals surface area contributed by atoms with Crippen molar-refractivity contribution in [3.63, 3.8) is 0 Å². The number of aliphatic carboxylic acids is 1. The predicted molar refractivity (Wildman–Crippen MR) is 139 cm³/mol. The maximum Gasteiger partial charge on any atom is 0.490 e. The number of nitrogens with one attached hydrogen (secondary N) is 1. The Hall–Kier alpha value is -3.08. The van der Waals surface area contributed by atoms with Crippen LogP contribution in [0.15, 0.2) is 47.4 Å². The Bertz CT molecular complexity index is 1170. The van der Waals surface area contributed by atoms with Gasteiger partial charge in [0, 0.05) is 30.9 Å². The molecule has 0 aliphatic carbocycles. The van der Waals surface area contributed by atoms with Crippen LogP contribution in [-0.4, -0.2) is 50.4 Å². The Morgan fingerprint density at radius 2 is 1.49 bits per heavy atom. The van der Waals surface area contributed by atoms with E-state index in [-0.39, 0.29) is 28.4 Å². The number of halogens is 3. The second kappa shape index (κ2) is 12.9. The molecule has 1 amide bonds. The highest BCUT2D eigenvalue weighted by atomic mass is 32.2. The molecule has 0 saturated heterocycles. The topological polar surface area (TPSA) is 104 Å². The molecular weight excluding hydrogens is 509 g/mol. The van der Waals surface area contributed by atoms with Crippen molar-refractivity contribution in [2.24, 2.45) is 0 Å². The zero-order valence-electron chi connectivity index (χ0n) is 21.9. The van der Waals surface area contributed by atoms with Gasteiger partial charge in [-0.05, 0) is 67.6 Å². The highest BCUT2D eigenvalue weighted by Crippen LogP contribution is 2.25. The molecule has 0 radical (unpaired) electrons. The number of hydrogen-bond donors (Lipinski definition) is 2. The number of carbonyl (C=O) groups is 2. The van der Waals surface area contributed by atoms with E-state index in [1.54, 1.807) is 12.1 Å². The lowest BCUT2D eigenvalue weighted by Gasteiger charge is -2.22. The van der Waals surface area contributed by atoms with Crippen LogP contribution in [-0.2, 0) is 24.8 Å². The first-order valence-electron chi connectivity index (χ1n) is 11.7. The van der Waals surface area contributed by atoms with E-state index < -0.39 is 22.0 Å². The van der Waals surface area contributed by atoms with Crippen LogP contribution < -0.4 is 10.2 Å². The summed E-state index contributed by atoms with van der Waals surface area (Å²) in [7, 11) is -3.51. The molecule has 0 bridgehead atoms. The van der Waals surface area contributed by atoms with Gasteiger partial charge < -0.3 is 15.3 Å². The monoisotopic (exact) mass is 544 g/mol. The molecule has 2 rings (SSSR count). The van der Waals surface area contributed by atoms with Gasteiger partial charge in [-0.15, -0.1) is 0 Å². The SMILES string of the molecule is CCN(CC)c1ccc(NC(=O)CCS(=O)(=O)c2ccc(C(C)(C)C)cc2)c(C)c1.O=C(O)C(F)(F)F. The summed E-state index contributed by atoms with van der Waals surface area (Å²) in [5.74, 6) is -3.28. The summed E-state index contributed by atoms with van der Waals surface area (Å²) in [6, 6.07) is 12.8. The minimum atomic E-state index is -5.08. The number of anilines is 2. The van der Waals surface area contributed by atoms with Crippen LogP contribution >= 0.6 is 0 Å². The van der Waals surface area contributed by atoms with Gasteiger partial charge in [0.2, 0.25) is 5.91 Å². The number of sulfone groups is 1. The third kappa shape index (κ3) is 10.1. The maximum atomic E-state index is 12.6. The van der Waals surface area contributed by atoms with Gasteiger partial charge in [0.15, 0.2) is 9.84 Å². The molecule has 7 nitrogen and oxygen atoms in total. The van der Waals surface area contributed by atoms with E-state index >= 15 is 0 Å².